The third-order valence-electron chi connectivity index (χ3n) is 4.11. The summed E-state index contributed by atoms with van der Waals surface area (Å²) in [6.45, 7) is 4.29. The third kappa shape index (κ3) is 4.49. The van der Waals surface area contributed by atoms with Crippen molar-refractivity contribution < 1.29 is 13.2 Å². The lowest BCUT2D eigenvalue weighted by atomic mass is 10.2. The quantitative estimate of drug-likeness (QED) is 0.768. The summed E-state index contributed by atoms with van der Waals surface area (Å²) in [5, 5.41) is 3.13. The summed E-state index contributed by atoms with van der Waals surface area (Å²) in [6, 6.07) is 11.2. The smallest absolute Gasteiger partial charge is 0.244 e. The van der Waals surface area contributed by atoms with Gasteiger partial charge in [-0.1, -0.05) is 12.1 Å². The molecule has 1 saturated heterocycles. The zero-order chi connectivity index (χ0) is 17.7. The van der Waals surface area contributed by atoms with Crippen LogP contribution in [0.3, 0.4) is 0 Å². The Hall–Kier alpha value is -2.12. The molecule has 1 N–H and O–H groups in total. The van der Waals surface area contributed by atoms with Gasteiger partial charge in [0.25, 0.3) is 0 Å². The van der Waals surface area contributed by atoms with Gasteiger partial charge in [-0.05, 0) is 49.6 Å². The topological polar surface area (TPSA) is 71.5 Å². The van der Waals surface area contributed by atoms with Crippen LogP contribution in [0.5, 0.6) is 5.75 Å². The van der Waals surface area contributed by atoms with Crippen LogP contribution in [0, 0.1) is 6.92 Å². The first-order valence-corrected chi connectivity index (χ1v) is 9.89. The highest BCUT2D eigenvalue weighted by Gasteiger charge is 2.27. The zero-order valence-electron chi connectivity index (χ0n) is 14.3. The molecule has 3 rings (SSSR count). The lowest BCUT2D eigenvalue weighted by Crippen LogP contribution is -2.28. The van der Waals surface area contributed by atoms with E-state index in [0.29, 0.717) is 32.1 Å². The average Bonchev–Trinajstić information content (AvgIpc) is 3.15. The second-order valence-electron chi connectivity index (χ2n) is 6.08. The molecule has 2 heterocycles. The first-order valence-electron chi connectivity index (χ1n) is 8.45. The van der Waals surface area contributed by atoms with Gasteiger partial charge in [0.2, 0.25) is 10.0 Å². The van der Waals surface area contributed by atoms with Gasteiger partial charge in [-0.3, -0.25) is 0 Å². The Balaban J connectivity index is 1.51. The van der Waals surface area contributed by atoms with E-state index in [1.54, 1.807) is 12.1 Å². The van der Waals surface area contributed by atoms with Crippen molar-refractivity contribution in [2.45, 2.75) is 24.7 Å². The number of nitrogens with one attached hydrogen (secondary N) is 1. The highest BCUT2D eigenvalue weighted by Crippen LogP contribution is 2.20. The van der Waals surface area contributed by atoms with E-state index in [4.69, 9.17) is 4.74 Å². The van der Waals surface area contributed by atoms with Crippen LogP contribution in [0.15, 0.2) is 47.5 Å². The fourth-order valence-electron chi connectivity index (χ4n) is 2.77. The summed E-state index contributed by atoms with van der Waals surface area (Å²) in [6.07, 6.45) is 3.26. The summed E-state index contributed by atoms with van der Waals surface area (Å²) in [7, 11) is -3.40. The predicted octanol–water partition coefficient (Wildman–Crippen LogP) is 2.67. The lowest BCUT2D eigenvalue weighted by Gasteiger charge is -2.15. The molecule has 6 nitrogen and oxygen atoms in total. The van der Waals surface area contributed by atoms with Crippen molar-refractivity contribution in [1.82, 2.24) is 9.29 Å². The van der Waals surface area contributed by atoms with E-state index < -0.39 is 10.0 Å². The van der Waals surface area contributed by atoms with Crippen LogP contribution in [0.4, 0.5) is 5.82 Å². The molecule has 25 heavy (non-hydrogen) atoms. The van der Waals surface area contributed by atoms with E-state index in [-0.39, 0.29) is 4.90 Å². The molecule has 0 saturated carbocycles. The Morgan fingerprint density at radius 2 is 2.00 bits per heavy atom. The number of nitrogens with zero attached hydrogens (tertiary/aromatic N) is 2. The molecule has 1 aromatic heterocycles. The molecular formula is C18H23N3O3S. The maximum absolute atomic E-state index is 12.4. The minimum atomic E-state index is -3.40. The van der Waals surface area contributed by atoms with Crippen molar-refractivity contribution in [3.63, 3.8) is 0 Å². The Morgan fingerprint density at radius 3 is 2.68 bits per heavy atom. The van der Waals surface area contributed by atoms with Crippen LogP contribution < -0.4 is 10.1 Å². The molecule has 1 aromatic carbocycles. The number of aromatic nitrogens is 1. The molecule has 7 heteroatoms. The number of pyridine rings is 1. The lowest BCUT2D eigenvalue weighted by molar-refractivity contribution is 0.332. The Kier molecular flexibility index (Phi) is 5.55. The summed E-state index contributed by atoms with van der Waals surface area (Å²) in [4.78, 5) is 4.45. The van der Waals surface area contributed by atoms with E-state index in [0.717, 1.165) is 24.2 Å². The maximum Gasteiger partial charge on any atom is 0.244 e. The molecule has 0 unspecified atom stereocenters. The van der Waals surface area contributed by atoms with Crippen molar-refractivity contribution in [2.75, 3.05) is 31.6 Å². The third-order valence-corrected chi connectivity index (χ3v) is 5.99. The van der Waals surface area contributed by atoms with E-state index in [1.165, 1.54) is 10.5 Å². The van der Waals surface area contributed by atoms with Gasteiger partial charge >= 0.3 is 0 Å². The molecule has 134 valence electrons. The molecule has 1 aliphatic heterocycles. The van der Waals surface area contributed by atoms with Crippen LogP contribution >= 0.6 is 0 Å². The van der Waals surface area contributed by atoms with Crippen LogP contribution in [0.25, 0.3) is 0 Å². The number of benzene rings is 1. The van der Waals surface area contributed by atoms with Crippen molar-refractivity contribution in [2.24, 2.45) is 0 Å². The van der Waals surface area contributed by atoms with Gasteiger partial charge in [-0.2, -0.15) is 4.31 Å². The normalized spacial score (nSPS) is 15.2. The molecule has 2 aromatic rings. The fraction of sp³-hybridized carbons (Fsp3) is 0.389. The van der Waals surface area contributed by atoms with Crippen molar-refractivity contribution in [3.05, 3.63) is 48.2 Å². The van der Waals surface area contributed by atoms with Crippen molar-refractivity contribution in [3.8, 4) is 5.75 Å². The second-order valence-corrected chi connectivity index (χ2v) is 8.02. The number of sulfonamides is 1. The summed E-state index contributed by atoms with van der Waals surface area (Å²) >= 11 is 0. The van der Waals surface area contributed by atoms with Crippen LogP contribution in [0.1, 0.15) is 18.4 Å². The van der Waals surface area contributed by atoms with Crippen LogP contribution in [-0.4, -0.2) is 43.9 Å². The number of aryl methyl sites for hydroxylation is 1. The maximum atomic E-state index is 12.4. The van der Waals surface area contributed by atoms with Crippen LogP contribution in [-0.2, 0) is 10.0 Å². The second kappa shape index (κ2) is 7.84. The summed E-state index contributed by atoms with van der Waals surface area (Å²) in [5.41, 5.74) is 1.15. The first kappa shape index (κ1) is 17.7. The molecular weight excluding hydrogens is 338 g/mol. The van der Waals surface area contributed by atoms with Gasteiger partial charge < -0.3 is 10.1 Å². The molecule has 0 radical (unpaired) electrons. The van der Waals surface area contributed by atoms with E-state index in [2.05, 4.69) is 10.3 Å². The van der Waals surface area contributed by atoms with Crippen molar-refractivity contribution in [1.29, 1.82) is 0 Å². The fourth-order valence-corrected chi connectivity index (χ4v) is 4.23. The standard InChI is InChI=1S/C18H23N3O3S/c1-15-5-4-6-16(13-15)24-12-9-19-18-8-7-17(14-20-18)25(22,23)21-10-2-3-11-21/h4-8,13-14H,2-3,9-12H2,1H3,(H,19,20). The Labute approximate surface area is 148 Å². The number of ether oxygens (including phenoxy) is 1. The van der Waals surface area contributed by atoms with Gasteiger partial charge in [0, 0.05) is 19.3 Å². The summed E-state index contributed by atoms with van der Waals surface area (Å²) in [5.74, 6) is 1.47. The Morgan fingerprint density at radius 1 is 1.20 bits per heavy atom. The van der Waals surface area contributed by atoms with E-state index in [9.17, 15) is 8.42 Å². The highest BCUT2D eigenvalue weighted by atomic mass is 32.2. The molecule has 0 amide bonds. The van der Waals surface area contributed by atoms with Crippen LogP contribution in [0.2, 0.25) is 0 Å². The molecule has 1 aliphatic rings. The van der Waals surface area contributed by atoms with Crippen molar-refractivity contribution >= 4 is 15.8 Å². The minimum absolute atomic E-state index is 0.246. The molecule has 0 atom stereocenters. The minimum Gasteiger partial charge on any atom is -0.492 e. The highest BCUT2D eigenvalue weighted by molar-refractivity contribution is 7.89. The van der Waals surface area contributed by atoms with E-state index >= 15 is 0 Å². The SMILES string of the molecule is Cc1cccc(OCCNc2ccc(S(=O)(=O)N3CCCC3)cn2)c1. The molecule has 0 spiro atoms. The largest absolute Gasteiger partial charge is 0.492 e. The number of hydrogen-bond donors (Lipinski definition) is 1. The number of hydrogen-bond acceptors (Lipinski definition) is 5. The zero-order valence-corrected chi connectivity index (χ0v) is 15.1. The summed E-state index contributed by atoms with van der Waals surface area (Å²) < 4.78 is 32.1. The number of anilines is 1. The monoisotopic (exact) mass is 361 g/mol. The van der Waals surface area contributed by atoms with Gasteiger partial charge in [-0.25, -0.2) is 13.4 Å². The number of rotatable bonds is 7. The first-order chi connectivity index (χ1) is 12.1. The molecule has 1 fully saturated rings. The molecule has 0 aliphatic carbocycles. The predicted molar refractivity (Wildman–Crippen MR) is 97.4 cm³/mol. The van der Waals surface area contributed by atoms with Gasteiger partial charge in [0.1, 0.15) is 23.1 Å². The average molecular weight is 361 g/mol. The Bertz CT molecular complexity index is 801. The molecule has 0 bridgehead atoms. The van der Waals surface area contributed by atoms with Gasteiger partial charge in [-0.15, -0.1) is 0 Å². The van der Waals surface area contributed by atoms with Gasteiger partial charge in [0.05, 0.1) is 6.54 Å². The van der Waals surface area contributed by atoms with E-state index in [1.807, 2.05) is 31.2 Å². The van der Waals surface area contributed by atoms with Gasteiger partial charge in [0.15, 0.2) is 0 Å².